The van der Waals surface area contributed by atoms with Crippen LogP contribution in [0.15, 0.2) is 231 Å². The van der Waals surface area contributed by atoms with Gasteiger partial charge < -0.3 is 9.47 Å². The Morgan fingerprint density at radius 2 is 0.767 bits per heavy atom. The van der Waals surface area contributed by atoms with Gasteiger partial charge in [0, 0.05) is 38.9 Å². The number of aromatic nitrogens is 1. The van der Waals surface area contributed by atoms with E-state index in [4.69, 9.17) is 0 Å². The Morgan fingerprint density at radius 1 is 0.300 bits per heavy atom. The van der Waals surface area contributed by atoms with Crippen molar-refractivity contribution in [3.8, 4) is 39.1 Å². The summed E-state index contributed by atoms with van der Waals surface area (Å²) in [6.07, 6.45) is 0. The smallest absolute Gasteiger partial charge is 0.0620 e. The first-order chi connectivity index (χ1) is 29.8. The number of hydrogen-bond acceptors (Lipinski definition) is 1. The maximum absolute atomic E-state index is 2.45. The Balaban J connectivity index is 0.988. The van der Waals surface area contributed by atoms with Crippen LogP contribution in [0, 0.1) is 0 Å². The highest BCUT2D eigenvalue weighted by Crippen LogP contribution is 2.45. The van der Waals surface area contributed by atoms with Crippen molar-refractivity contribution in [2.45, 2.75) is 0 Å². The van der Waals surface area contributed by atoms with E-state index in [0.29, 0.717) is 0 Å². The van der Waals surface area contributed by atoms with E-state index in [2.05, 4.69) is 240 Å². The van der Waals surface area contributed by atoms with Crippen LogP contribution in [0.3, 0.4) is 0 Å². The van der Waals surface area contributed by atoms with Crippen molar-refractivity contribution < 1.29 is 0 Å². The second kappa shape index (κ2) is 13.9. The van der Waals surface area contributed by atoms with Gasteiger partial charge in [0.15, 0.2) is 0 Å². The van der Waals surface area contributed by atoms with Crippen LogP contribution in [0.25, 0.3) is 93.2 Å². The molecule has 12 rings (SSSR count). The molecule has 1 aromatic heterocycles. The van der Waals surface area contributed by atoms with Crippen LogP contribution in [-0.2, 0) is 0 Å². The largest absolute Gasteiger partial charge is 0.311 e. The first kappa shape index (κ1) is 34.1. The van der Waals surface area contributed by atoms with Gasteiger partial charge in [-0.1, -0.05) is 170 Å². The van der Waals surface area contributed by atoms with Gasteiger partial charge in [-0.25, -0.2) is 0 Å². The maximum Gasteiger partial charge on any atom is 0.0620 e. The van der Waals surface area contributed by atoms with Crippen LogP contribution >= 0.6 is 0 Å². The minimum atomic E-state index is 1.10. The molecule has 0 spiro atoms. The van der Waals surface area contributed by atoms with E-state index in [-0.39, 0.29) is 0 Å². The number of rotatable bonds is 7. The molecule has 0 aliphatic heterocycles. The van der Waals surface area contributed by atoms with Gasteiger partial charge in [-0.3, -0.25) is 0 Å². The van der Waals surface area contributed by atoms with Gasteiger partial charge in [0.25, 0.3) is 0 Å². The summed E-state index contributed by atoms with van der Waals surface area (Å²) in [7, 11) is 0. The Labute approximate surface area is 348 Å². The van der Waals surface area contributed by atoms with Crippen LogP contribution in [0.2, 0.25) is 0 Å². The zero-order valence-electron chi connectivity index (χ0n) is 32.8. The molecule has 0 saturated heterocycles. The summed E-state index contributed by atoms with van der Waals surface area (Å²) in [4.78, 5) is 2.36. The van der Waals surface area contributed by atoms with Crippen molar-refractivity contribution in [2.75, 3.05) is 4.90 Å². The van der Waals surface area contributed by atoms with Crippen molar-refractivity contribution in [2.24, 2.45) is 0 Å². The number of benzene rings is 11. The highest BCUT2D eigenvalue weighted by Gasteiger charge is 2.20. The summed E-state index contributed by atoms with van der Waals surface area (Å²) in [6, 6.07) is 84.0. The summed E-state index contributed by atoms with van der Waals surface area (Å²) in [5, 5.41) is 10.3. The van der Waals surface area contributed by atoms with Gasteiger partial charge in [-0.2, -0.15) is 0 Å². The summed E-state index contributed by atoms with van der Waals surface area (Å²) in [6.45, 7) is 0. The molecular weight excluding hydrogens is 725 g/mol. The predicted octanol–water partition coefficient (Wildman–Crippen LogP) is 16.2. The molecule has 0 bridgehead atoms. The van der Waals surface area contributed by atoms with Crippen molar-refractivity contribution >= 4 is 71.2 Å². The average molecular weight is 763 g/mol. The molecule has 60 heavy (non-hydrogen) atoms. The lowest BCUT2D eigenvalue weighted by atomic mass is 9.89. The SMILES string of the molecule is c1ccc(-c2ccc(N(c3ccc(-c4ccccc4)cc3)c3ccc(-c4ccc5ccc6c7c(ccc4c57)cc4c5ccccc5n(-c5ccccc5)c46)cc3)cc2)cc1. The second-order valence-electron chi connectivity index (χ2n) is 15.7. The average Bonchev–Trinajstić information content (AvgIpc) is 3.66. The first-order valence-corrected chi connectivity index (χ1v) is 20.7. The maximum atomic E-state index is 2.45. The molecule has 0 aliphatic rings. The molecule has 2 nitrogen and oxygen atoms in total. The van der Waals surface area contributed by atoms with Crippen LogP contribution < -0.4 is 4.90 Å². The Kier molecular flexibility index (Phi) is 7.89. The lowest BCUT2D eigenvalue weighted by molar-refractivity contribution is 1.19. The number of fused-ring (bicyclic) bond motifs is 4. The van der Waals surface area contributed by atoms with Gasteiger partial charge in [-0.15, -0.1) is 0 Å². The molecule has 0 aliphatic carbocycles. The van der Waals surface area contributed by atoms with Gasteiger partial charge >= 0.3 is 0 Å². The normalized spacial score (nSPS) is 11.7. The molecule has 11 aromatic carbocycles. The van der Waals surface area contributed by atoms with E-state index in [0.717, 1.165) is 17.1 Å². The number of anilines is 3. The minimum Gasteiger partial charge on any atom is -0.311 e. The van der Waals surface area contributed by atoms with E-state index in [9.17, 15) is 0 Å². The van der Waals surface area contributed by atoms with Crippen molar-refractivity contribution in [1.29, 1.82) is 0 Å². The summed E-state index contributed by atoms with van der Waals surface area (Å²) in [5.74, 6) is 0. The molecule has 0 radical (unpaired) electrons. The molecule has 0 fully saturated rings. The molecule has 2 heteroatoms. The lowest BCUT2D eigenvalue weighted by Crippen LogP contribution is -2.09. The summed E-state index contributed by atoms with van der Waals surface area (Å²) in [5.41, 5.74) is 14.2. The topological polar surface area (TPSA) is 8.17 Å². The zero-order valence-corrected chi connectivity index (χ0v) is 32.8. The predicted molar refractivity (Wildman–Crippen MR) is 255 cm³/mol. The Hall–Kier alpha value is -7.94. The quantitative estimate of drug-likeness (QED) is 0.147. The molecule has 12 aromatic rings. The first-order valence-electron chi connectivity index (χ1n) is 20.7. The fourth-order valence-corrected chi connectivity index (χ4v) is 9.53. The van der Waals surface area contributed by atoms with Crippen molar-refractivity contribution in [3.63, 3.8) is 0 Å². The highest BCUT2D eigenvalue weighted by atomic mass is 15.1. The van der Waals surface area contributed by atoms with Gasteiger partial charge in [0.05, 0.1) is 11.0 Å². The summed E-state index contributed by atoms with van der Waals surface area (Å²) < 4.78 is 2.45. The zero-order chi connectivity index (χ0) is 39.6. The third kappa shape index (κ3) is 5.50. The lowest BCUT2D eigenvalue weighted by Gasteiger charge is -2.26. The Bertz CT molecular complexity index is 3400. The molecule has 1 heterocycles. The highest BCUT2D eigenvalue weighted by molar-refractivity contribution is 6.32. The van der Waals surface area contributed by atoms with E-state index in [1.54, 1.807) is 0 Å². The molecule has 0 unspecified atom stereocenters. The second-order valence-corrected chi connectivity index (χ2v) is 15.7. The van der Waals surface area contributed by atoms with Gasteiger partial charge in [-0.05, 0) is 121 Å². The fraction of sp³-hybridized carbons (Fsp3) is 0. The molecule has 280 valence electrons. The monoisotopic (exact) mass is 762 g/mol. The third-order valence-corrected chi connectivity index (χ3v) is 12.3. The number of hydrogen-bond donors (Lipinski definition) is 0. The number of nitrogens with zero attached hydrogens (tertiary/aromatic N) is 2. The molecular formula is C58H38N2. The van der Waals surface area contributed by atoms with Crippen LogP contribution in [0.4, 0.5) is 17.1 Å². The van der Waals surface area contributed by atoms with Crippen LogP contribution in [0.5, 0.6) is 0 Å². The van der Waals surface area contributed by atoms with Crippen molar-refractivity contribution in [1.82, 2.24) is 4.57 Å². The van der Waals surface area contributed by atoms with Gasteiger partial charge in [0.1, 0.15) is 0 Å². The molecule has 0 atom stereocenters. The van der Waals surface area contributed by atoms with E-state index in [1.165, 1.54) is 93.2 Å². The molecule has 0 amide bonds. The Morgan fingerprint density at radius 3 is 1.38 bits per heavy atom. The molecule has 0 N–H and O–H groups in total. The third-order valence-electron chi connectivity index (χ3n) is 12.3. The van der Waals surface area contributed by atoms with Crippen LogP contribution in [-0.4, -0.2) is 4.57 Å². The van der Waals surface area contributed by atoms with Crippen molar-refractivity contribution in [3.05, 3.63) is 231 Å². The van der Waals surface area contributed by atoms with E-state index in [1.807, 2.05) is 0 Å². The molecule has 0 saturated carbocycles. The fourth-order valence-electron chi connectivity index (χ4n) is 9.53. The minimum absolute atomic E-state index is 1.10. The van der Waals surface area contributed by atoms with Crippen LogP contribution in [0.1, 0.15) is 0 Å². The van der Waals surface area contributed by atoms with E-state index >= 15 is 0 Å². The standard InChI is InChI=1S/C58H38N2/c1-4-12-39(13-5-1)41-20-29-47(30-21-41)59(48-31-22-42(23-32-48)40-14-6-2-7-15-40)49-33-24-43(25-34-49)50-35-26-44-27-37-53-57-45(28-36-52(50)56(44)57)38-54-51-18-10-11-19-55(51)60(58(53)54)46-16-8-3-9-17-46/h1-38H. The van der Waals surface area contributed by atoms with Gasteiger partial charge in [0.2, 0.25) is 0 Å². The summed E-state index contributed by atoms with van der Waals surface area (Å²) >= 11 is 0. The van der Waals surface area contributed by atoms with E-state index < -0.39 is 0 Å². The number of para-hydroxylation sites is 2.